The van der Waals surface area contributed by atoms with Crippen molar-refractivity contribution in [3.05, 3.63) is 46.4 Å². The fourth-order valence-electron chi connectivity index (χ4n) is 2.53. The molecule has 2 heterocycles. The number of rotatable bonds is 4. The average Bonchev–Trinajstić information content (AvgIpc) is 2.99. The molecule has 116 valence electrons. The van der Waals surface area contributed by atoms with Crippen LogP contribution >= 0.6 is 15.9 Å². The number of carbonyl (C=O) groups excluding carboxylic acids is 1. The van der Waals surface area contributed by atoms with Crippen LogP contribution in [0, 0.1) is 0 Å². The van der Waals surface area contributed by atoms with E-state index in [2.05, 4.69) is 21.2 Å². The van der Waals surface area contributed by atoms with E-state index in [0.717, 1.165) is 20.8 Å². The molecule has 1 amide bonds. The molecule has 7 heteroatoms. The smallest absolute Gasteiger partial charge is 0.222 e. The molecule has 1 aliphatic rings. The van der Waals surface area contributed by atoms with Crippen LogP contribution < -0.4 is 5.32 Å². The summed E-state index contributed by atoms with van der Waals surface area (Å²) < 4.78 is 25.6. The summed E-state index contributed by atoms with van der Waals surface area (Å²) in [6, 6.07) is 7.59. The summed E-state index contributed by atoms with van der Waals surface area (Å²) >= 11 is 3.43. The highest BCUT2D eigenvalue weighted by atomic mass is 79.9. The standard InChI is InChI=1S/C15H15BrN2O3S/c16-12-1-2-14-11(9-12)3-6-18(14)7-4-15(19)17-13-5-8-22(20,21)10-13/h1-3,5-6,8-9,13H,4,7,10H2,(H,17,19)/t13-/m0/s1. The van der Waals surface area contributed by atoms with Gasteiger partial charge in [-0.3, -0.25) is 4.79 Å². The van der Waals surface area contributed by atoms with Gasteiger partial charge in [-0.15, -0.1) is 0 Å². The molecule has 1 aromatic heterocycles. The van der Waals surface area contributed by atoms with Crippen LogP contribution in [0.5, 0.6) is 0 Å². The third kappa shape index (κ3) is 3.41. The molecular weight excluding hydrogens is 368 g/mol. The van der Waals surface area contributed by atoms with Crippen molar-refractivity contribution in [2.75, 3.05) is 5.75 Å². The molecule has 0 saturated heterocycles. The van der Waals surface area contributed by atoms with E-state index in [1.165, 1.54) is 6.08 Å². The summed E-state index contributed by atoms with van der Waals surface area (Å²) in [5.41, 5.74) is 1.07. The van der Waals surface area contributed by atoms with Gasteiger partial charge in [0.25, 0.3) is 0 Å². The largest absolute Gasteiger partial charge is 0.349 e. The summed E-state index contributed by atoms with van der Waals surface area (Å²) in [5, 5.41) is 5.00. The molecule has 3 rings (SSSR count). The van der Waals surface area contributed by atoms with Gasteiger partial charge >= 0.3 is 0 Å². The monoisotopic (exact) mass is 382 g/mol. The Labute approximate surface area is 137 Å². The number of sulfone groups is 1. The van der Waals surface area contributed by atoms with E-state index in [-0.39, 0.29) is 11.7 Å². The second kappa shape index (κ2) is 5.89. The van der Waals surface area contributed by atoms with Crippen molar-refractivity contribution in [2.24, 2.45) is 0 Å². The zero-order valence-electron chi connectivity index (χ0n) is 11.7. The second-order valence-corrected chi connectivity index (χ2v) is 8.14. The number of aryl methyl sites for hydroxylation is 1. The van der Waals surface area contributed by atoms with Crippen molar-refractivity contribution in [3.8, 4) is 0 Å². The Bertz CT molecular complexity index is 855. The highest BCUT2D eigenvalue weighted by Crippen LogP contribution is 2.21. The Kier molecular flexibility index (Phi) is 4.10. The lowest BCUT2D eigenvalue weighted by atomic mass is 10.2. The number of aromatic nitrogens is 1. The minimum absolute atomic E-state index is 0.0424. The van der Waals surface area contributed by atoms with Crippen LogP contribution in [0.15, 0.2) is 46.4 Å². The molecule has 0 fully saturated rings. The predicted octanol–water partition coefficient (Wildman–Crippen LogP) is 2.22. The van der Waals surface area contributed by atoms with E-state index in [4.69, 9.17) is 0 Å². The van der Waals surface area contributed by atoms with Crippen molar-refractivity contribution in [2.45, 2.75) is 19.0 Å². The van der Waals surface area contributed by atoms with Crippen LogP contribution in [0.4, 0.5) is 0 Å². The van der Waals surface area contributed by atoms with Crippen LogP contribution in [0.2, 0.25) is 0 Å². The molecule has 0 radical (unpaired) electrons. The van der Waals surface area contributed by atoms with Gasteiger partial charge in [0.15, 0.2) is 9.84 Å². The van der Waals surface area contributed by atoms with Crippen LogP contribution in [0.3, 0.4) is 0 Å². The highest BCUT2D eigenvalue weighted by molar-refractivity contribution is 9.10. The molecule has 1 N–H and O–H groups in total. The lowest BCUT2D eigenvalue weighted by molar-refractivity contribution is -0.121. The first-order valence-corrected chi connectivity index (χ1v) is 9.38. The Morgan fingerprint density at radius 3 is 2.91 bits per heavy atom. The molecule has 1 atom stereocenters. The maximum absolute atomic E-state index is 11.9. The molecule has 0 saturated carbocycles. The lowest BCUT2D eigenvalue weighted by Crippen LogP contribution is -2.35. The van der Waals surface area contributed by atoms with Crippen LogP contribution in [0.1, 0.15) is 6.42 Å². The van der Waals surface area contributed by atoms with Gasteiger partial charge in [0.2, 0.25) is 5.91 Å². The molecular formula is C15H15BrN2O3S. The third-order valence-corrected chi connectivity index (χ3v) is 5.48. The molecule has 0 bridgehead atoms. The van der Waals surface area contributed by atoms with E-state index >= 15 is 0 Å². The van der Waals surface area contributed by atoms with Gasteiger partial charge in [-0.05, 0) is 30.3 Å². The zero-order valence-corrected chi connectivity index (χ0v) is 14.1. The number of nitrogens with zero attached hydrogens (tertiary/aromatic N) is 1. The summed E-state index contributed by atoms with van der Waals surface area (Å²) in [6.07, 6.45) is 3.78. The summed E-state index contributed by atoms with van der Waals surface area (Å²) in [6.45, 7) is 0.556. The first-order chi connectivity index (χ1) is 10.4. The van der Waals surface area contributed by atoms with Crippen LogP contribution in [-0.4, -0.2) is 30.7 Å². The van der Waals surface area contributed by atoms with Crippen LogP contribution in [0.25, 0.3) is 10.9 Å². The van der Waals surface area contributed by atoms with E-state index in [1.807, 2.05) is 35.0 Å². The molecule has 22 heavy (non-hydrogen) atoms. The van der Waals surface area contributed by atoms with Crippen molar-refractivity contribution in [1.82, 2.24) is 9.88 Å². The molecule has 1 aliphatic heterocycles. The van der Waals surface area contributed by atoms with Gasteiger partial charge in [-0.25, -0.2) is 8.42 Å². The Balaban J connectivity index is 1.60. The van der Waals surface area contributed by atoms with Gasteiger partial charge in [0.1, 0.15) is 0 Å². The fourth-order valence-corrected chi connectivity index (χ4v) is 4.15. The van der Waals surface area contributed by atoms with E-state index in [1.54, 1.807) is 0 Å². The number of nitrogens with one attached hydrogen (secondary N) is 1. The van der Waals surface area contributed by atoms with Crippen molar-refractivity contribution < 1.29 is 13.2 Å². The SMILES string of the molecule is O=C(CCn1ccc2cc(Br)ccc21)N[C@H]1C=CS(=O)(=O)C1. The van der Waals surface area contributed by atoms with Crippen LogP contribution in [-0.2, 0) is 21.2 Å². The first kappa shape index (κ1) is 15.3. The number of hydrogen-bond acceptors (Lipinski definition) is 3. The normalized spacial score (nSPS) is 19.6. The molecule has 5 nitrogen and oxygen atoms in total. The Morgan fingerprint density at radius 1 is 1.36 bits per heavy atom. The minimum atomic E-state index is -3.14. The maximum Gasteiger partial charge on any atom is 0.222 e. The van der Waals surface area contributed by atoms with Crippen molar-refractivity contribution >= 4 is 42.6 Å². The van der Waals surface area contributed by atoms with E-state index in [0.29, 0.717) is 13.0 Å². The predicted molar refractivity (Wildman–Crippen MR) is 89.1 cm³/mol. The Morgan fingerprint density at radius 2 is 2.18 bits per heavy atom. The molecule has 0 aliphatic carbocycles. The number of amides is 1. The summed E-state index contributed by atoms with van der Waals surface area (Å²) in [4.78, 5) is 11.9. The van der Waals surface area contributed by atoms with Gasteiger partial charge in [-0.2, -0.15) is 0 Å². The fraction of sp³-hybridized carbons (Fsp3) is 0.267. The average molecular weight is 383 g/mol. The molecule has 2 aromatic rings. The van der Waals surface area contributed by atoms with E-state index < -0.39 is 15.9 Å². The quantitative estimate of drug-likeness (QED) is 0.881. The summed E-state index contributed by atoms with van der Waals surface area (Å²) in [7, 11) is -3.14. The number of halogens is 1. The lowest BCUT2D eigenvalue weighted by Gasteiger charge is -2.10. The number of benzene rings is 1. The topological polar surface area (TPSA) is 68.2 Å². The maximum atomic E-state index is 11.9. The van der Waals surface area contributed by atoms with Gasteiger partial charge in [0.05, 0.1) is 11.8 Å². The highest BCUT2D eigenvalue weighted by Gasteiger charge is 2.22. The Hall–Kier alpha value is -1.60. The number of carbonyl (C=O) groups is 1. The minimum Gasteiger partial charge on any atom is -0.349 e. The number of hydrogen-bond donors (Lipinski definition) is 1. The van der Waals surface area contributed by atoms with Crippen molar-refractivity contribution in [1.29, 1.82) is 0 Å². The second-order valence-electron chi connectivity index (χ2n) is 5.29. The third-order valence-electron chi connectivity index (χ3n) is 3.59. The molecule has 1 aromatic carbocycles. The zero-order chi connectivity index (χ0) is 15.7. The van der Waals surface area contributed by atoms with Gasteiger partial charge < -0.3 is 9.88 Å². The van der Waals surface area contributed by atoms with E-state index in [9.17, 15) is 13.2 Å². The van der Waals surface area contributed by atoms with Crippen molar-refractivity contribution in [3.63, 3.8) is 0 Å². The summed E-state index contributed by atoms with van der Waals surface area (Å²) in [5.74, 6) is -0.190. The number of fused-ring (bicyclic) bond motifs is 1. The van der Waals surface area contributed by atoms with Gasteiger partial charge in [0, 0.05) is 39.9 Å². The first-order valence-electron chi connectivity index (χ1n) is 6.88. The molecule has 0 spiro atoms. The van der Waals surface area contributed by atoms with Gasteiger partial charge in [-0.1, -0.05) is 15.9 Å². The molecule has 0 unspecified atom stereocenters.